The lowest BCUT2D eigenvalue weighted by Crippen LogP contribution is -2.29. The van der Waals surface area contributed by atoms with Crippen molar-refractivity contribution in [2.75, 3.05) is 29.1 Å². The van der Waals surface area contributed by atoms with Crippen LogP contribution in [-0.4, -0.2) is 39.7 Å². The molecule has 3 heterocycles. The number of rotatable bonds is 5. The van der Waals surface area contributed by atoms with Crippen LogP contribution in [0.25, 0.3) is 10.3 Å². The number of thiazole rings is 1. The lowest BCUT2D eigenvalue weighted by atomic mass is 10.1. The van der Waals surface area contributed by atoms with E-state index in [-0.39, 0.29) is 11.7 Å². The number of piperidine rings is 1. The van der Waals surface area contributed by atoms with E-state index in [0.29, 0.717) is 16.4 Å². The fourth-order valence-electron chi connectivity index (χ4n) is 2.93. The molecule has 1 aromatic carbocycles. The fraction of sp³-hybridized carbons (Fsp3) is 0.333. The predicted octanol–water partition coefficient (Wildman–Crippen LogP) is 4.46. The van der Waals surface area contributed by atoms with Crippen molar-refractivity contribution in [1.82, 2.24) is 15.0 Å². The van der Waals surface area contributed by atoms with Gasteiger partial charge in [0.1, 0.15) is 16.1 Å². The lowest BCUT2D eigenvalue weighted by molar-refractivity contribution is -0.113. The minimum atomic E-state index is -0.124. The molecule has 0 unspecified atom stereocenters. The Balaban J connectivity index is 1.46. The average Bonchev–Trinajstić information content (AvgIpc) is 3.14. The number of halogens is 1. The van der Waals surface area contributed by atoms with Gasteiger partial charge in [0, 0.05) is 13.1 Å². The number of carbonyl (C=O) groups is 1. The first-order valence-electron chi connectivity index (χ1n) is 8.74. The highest BCUT2D eigenvalue weighted by Gasteiger charge is 2.18. The number of hydrogen-bond donors (Lipinski definition) is 1. The van der Waals surface area contributed by atoms with Crippen LogP contribution in [0.2, 0.25) is 5.02 Å². The van der Waals surface area contributed by atoms with Crippen LogP contribution >= 0.6 is 34.7 Å². The monoisotopic (exact) mass is 419 g/mol. The number of thioether (sulfide) groups is 1. The van der Waals surface area contributed by atoms with Crippen molar-refractivity contribution in [2.24, 2.45) is 0 Å². The molecule has 1 saturated heterocycles. The van der Waals surface area contributed by atoms with Crippen LogP contribution in [0.4, 0.5) is 10.8 Å². The van der Waals surface area contributed by atoms with Gasteiger partial charge >= 0.3 is 0 Å². The van der Waals surface area contributed by atoms with Crippen molar-refractivity contribution in [3.05, 3.63) is 35.6 Å². The van der Waals surface area contributed by atoms with Gasteiger partial charge in [0.25, 0.3) is 0 Å². The summed E-state index contributed by atoms with van der Waals surface area (Å²) < 4.78 is 0.939. The van der Waals surface area contributed by atoms with E-state index >= 15 is 0 Å². The molecular formula is C18H18ClN5OS2. The topological polar surface area (TPSA) is 71.0 Å². The van der Waals surface area contributed by atoms with Gasteiger partial charge in [0.15, 0.2) is 10.8 Å². The highest BCUT2D eigenvalue weighted by molar-refractivity contribution is 8.00. The Morgan fingerprint density at radius 1 is 1.22 bits per heavy atom. The third kappa shape index (κ3) is 4.34. The molecule has 0 spiro atoms. The molecule has 1 fully saturated rings. The number of hydrogen-bond acceptors (Lipinski definition) is 7. The predicted molar refractivity (Wildman–Crippen MR) is 112 cm³/mol. The Bertz CT molecular complexity index is 958. The standard InChI is InChI=1S/C18H18ClN5OS2/c19-12-6-2-3-7-13(12)22-14(25)10-26-17-15-16(20-11-21-17)23-18(27-15)24-8-4-1-5-9-24/h2-3,6-7,11H,1,4-5,8-10H2,(H,22,25). The largest absolute Gasteiger partial charge is 0.348 e. The number of anilines is 2. The number of fused-ring (bicyclic) bond motifs is 1. The maximum absolute atomic E-state index is 12.3. The number of nitrogens with one attached hydrogen (secondary N) is 1. The molecule has 140 valence electrons. The van der Waals surface area contributed by atoms with Crippen molar-refractivity contribution in [3.8, 4) is 0 Å². The van der Waals surface area contributed by atoms with Gasteiger partial charge in [-0.3, -0.25) is 4.79 Å². The minimum absolute atomic E-state index is 0.124. The van der Waals surface area contributed by atoms with Gasteiger partial charge in [-0.1, -0.05) is 46.8 Å². The molecule has 1 N–H and O–H groups in total. The number of amides is 1. The SMILES string of the molecule is O=C(CSc1ncnc2nc(N3CCCCC3)sc12)Nc1ccccc1Cl. The molecule has 0 bridgehead atoms. The third-order valence-corrected chi connectivity index (χ3v) is 6.82. The van der Waals surface area contributed by atoms with Gasteiger partial charge in [0.05, 0.1) is 16.5 Å². The molecule has 1 aliphatic heterocycles. The summed E-state index contributed by atoms with van der Waals surface area (Å²) in [5.41, 5.74) is 1.31. The molecule has 0 saturated carbocycles. The summed E-state index contributed by atoms with van der Waals surface area (Å²) in [5, 5.41) is 5.13. The van der Waals surface area contributed by atoms with Gasteiger partial charge in [-0.05, 0) is 31.4 Å². The Morgan fingerprint density at radius 3 is 2.85 bits per heavy atom. The smallest absolute Gasteiger partial charge is 0.234 e. The van der Waals surface area contributed by atoms with Crippen LogP contribution < -0.4 is 10.2 Å². The van der Waals surface area contributed by atoms with Crippen LogP contribution in [0, 0.1) is 0 Å². The second-order valence-corrected chi connectivity index (χ2v) is 8.54. The van der Waals surface area contributed by atoms with E-state index in [4.69, 9.17) is 11.6 Å². The third-order valence-electron chi connectivity index (χ3n) is 4.26. The summed E-state index contributed by atoms with van der Waals surface area (Å²) >= 11 is 9.08. The van der Waals surface area contributed by atoms with Gasteiger partial charge in [-0.15, -0.1) is 0 Å². The maximum Gasteiger partial charge on any atom is 0.234 e. The number of carbonyl (C=O) groups excluding carboxylic acids is 1. The van der Waals surface area contributed by atoms with E-state index in [1.54, 1.807) is 23.5 Å². The fourth-order valence-corrected chi connectivity index (χ4v) is 5.05. The van der Waals surface area contributed by atoms with E-state index in [1.165, 1.54) is 37.4 Å². The van der Waals surface area contributed by atoms with Crippen molar-refractivity contribution < 1.29 is 4.79 Å². The normalized spacial score (nSPS) is 14.5. The zero-order valence-corrected chi connectivity index (χ0v) is 16.9. The molecule has 4 rings (SSSR count). The first kappa shape index (κ1) is 18.5. The summed E-state index contributed by atoms with van der Waals surface area (Å²) in [5.74, 6) is 0.120. The summed E-state index contributed by atoms with van der Waals surface area (Å²) in [7, 11) is 0. The van der Waals surface area contributed by atoms with Crippen molar-refractivity contribution >= 4 is 61.8 Å². The Morgan fingerprint density at radius 2 is 2.04 bits per heavy atom. The molecule has 3 aromatic rings. The van der Waals surface area contributed by atoms with Crippen molar-refractivity contribution in [2.45, 2.75) is 24.3 Å². The van der Waals surface area contributed by atoms with E-state index in [1.807, 2.05) is 12.1 Å². The van der Waals surface area contributed by atoms with Crippen LogP contribution in [0.1, 0.15) is 19.3 Å². The molecule has 2 aromatic heterocycles. The lowest BCUT2D eigenvalue weighted by Gasteiger charge is -2.25. The number of para-hydroxylation sites is 1. The molecule has 0 aliphatic carbocycles. The minimum Gasteiger partial charge on any atom is -0.348 e. The number of benzene rings is 1. The first-order chi connectivity index (χ1) is 13.2. The van der Waals surface area contributed by atoms with Crippen LogP contribution in [0.5, 0.6) is 0 Å². The Hall–Kier alpha value is -1.90. The summed E-state index contributed by atoms with van der Waals surface area (Å²) in [6.07, 6.45) is 5.19. The molecule has 0 atom stereocenters. The molecule has 1 aliphatic rings. The quantitative estimate of drug-likeness (QED) is 0.486. The second kappa shape index (κ2) is 8.41. The zero-order valence-electron chi connectivity index (χ0n) is 14.5. The summed E-state index contributed by atoms with van der Waals surface area (Å²) in [4.78, 5) is 27.9. The molecular weight excluding hydrogens is 402 g/mol. The van der Waals surface area contributed by atoms with Gasteiger partial charge in [0.2, 0.25) is 5.91 Å². The van der Waals surface area contributed by atoms with E-state index in [9.17, 15) is 4.79 Å². The zero-order chi connectivity index (χ0) is 18.6. The summed E-state index contributed by atoms with van der Waals surface area (Å²) in [6, 6.07) is 7.19. The van der Waals surface area contributed by atoms with Crippen molar-refractivity contribution in [1.29, 1.82) is 0 Å². The number of nitrogens with zero attached hydrogens (tertiary/aromatic N) is 4. The first-order valence-corrected chi connectivity index (χ1v) is 10.9. The average molecular weight is 420 g/mol. The maximum atomic E-state index is 12.3. The second-order valence-electron chi connectivity index (χ2n) is 6.19. The van der Waals surface area contributed by atoms with Crippen LogP contribution in [-0.2, 0) is 4.79 Å². The molecule has 9 heteroatoms. The Kier molecular flexibility index (Phi) is 5.75. The Labute approximate surface area is 170 Å². The van der Waals surface area contributed by atoms with Gasteiger partial charge in [-0.25, -0.2) is 9.97 Å². The highest BCUT2D eigenvalue weighted by Crippen LogP contribution is 2.34. The van der Waals surface area contributed by atoms with Gasteiger partial charge in [-0.2, -0.15) is 4.98 Å². The van der Waals surface area contributed by atoms with E-state index < -0.39 is 0 Å². The molecule has 1 amide bonds. The highest BCUT2D eigenvalue weighted by atomic mass is 35.5. The number of aromatic nitrogens is 3. The molecule has 27 heavy (non-hydrogen) atoms. The van der Waals surface area contributed by atoms with Gasteiger partial charge < -0.3 is 10.2 Å². The van der Waals surface area contributed by atoms with Crippen LogP contribution in [0.3, 0.4) is 0 Å². The summed E-state index contributed by atoms with van der Waals surface area (Å²) in [6.45, 7) is 2.08. The van der Waals surface area contributed by atoms with Crippen molar-refractivity contribution in [3.63, 3.8) is 0 Å². The van der Waals surface area contributed by atoms with E-state index in [0.717, 1.165) is 27.9 Å². The molecule has 6 nitrogen and oxygen atoms in total. The molecule has 0 radical (unpaired) electrons. The van der Waals surface area contributed by atoms with E-state index in [2.05, 4.69) is 25.2 Å². The van der Waals surface area contributed by atoms with Crippen LogP contribution in [0.15, 0.2) is 35.6 Å².